The van der Waals surface area contributed by atoms with E-state index in [0.717, 1.165) is 31.4 Å². The van der Waals surface area contributed by atoms with Crippen LogP contribution in [0, 0.1) is 11.3 Å². The molecule has 2 heterocycles. The maximum atomic E-state index is 13.5. The number of phenols is 1. The maximum Gasteiger partial charge on any atom is 0.179 e. The van der Waals surface area contributed by atoms with Gasteiger partial charge in [0.2, 0.25) is 0 Å². The molecule has 1 aromatic heterocycles. The average Bonchev–Trinajstić information content (AvgIpc) is 2.78. The molecular formula is C23H29NO3S. The number of unbranched alkanes of at least 4 members (excludes halogenated alkanes) is 1. The molecule has 5 heteroatoms. The predicted octanol–water partition coefficient (Wildman–Crippen LogP) is 5.10. The van der Waals surface area contributed by atoms with E-state index in [1.165, 1.54) is 6.07 Å². The number of aromatic nitrogens is 1. The number of pyridine rings is 1. The van der Waals surface area contributed by atoms with Crippen molar-refractivity contribution in [1.29, 1.82) is 0 Å². The molecule has 0 saturated heterocycles. The van der Waals surface area contributed by atoms with Crippen LogP contribution in [0.15, 0.2) is 60.1 Å². The fourth-order valence-corrected chi connectivity index (χ4v) is 7.03. The second kappa shape index (κ2) is 8.08. The van der Waals surface area contributed by atoms with Gasteiger partial charge in [-0.1, -0.05) is 44.9 Å². The van der Waals surface area contributed by atoms with Gasteiger partial charge in [0.05, 0.1) is 10.6 Å². The standard InChI is InChI=1S/C23H29NO3S/c1-4-7-13-23(6-3)16-28(26,27)21-15-17(25)11-12-18(21)22(19(23)5-2)20-10-8-9-14-24-20/h5,8-12,14-15,19,22,25H,2,4,6-7,13,16H2,1,3H3/t19-,22-,23?/m1/s1. The van der Waals surface area contributed by atoms with E-state index < -0.39 is 15.3 Å². The molecule has 1 aliphatic rings. The van der Waals surface area contributed by atoms with E-state index in [0.29, 0.717) is 5.56 Å². The van der Waals surface area contributed by atoms with Gasteiger partial charge >= 0.3 is 0 Å². The van der Waals surface area contributed by atoms with Crippen molar-refractivity contribution >= 4 is 9.84 Å². The second-order valence-corrected chi connectivity index (χ2v) is 9.75. The molecule has 2 aromatic rings. The minimum Gasteiger partial charge on any atom is -0.508 e. The molecule has 28 heavy (non-hydrogen) atoms. The zero-order valence-electron chi connectivity index (χ0n) is 16.6. The zero-order chi connectivity index (χ0) is 20.4. The molecule has 150 valence electrons. The Morgan fingerprint density at radius 3 is 2.68 bits per heavy atom. The maximum absolute atomic E-state index is 13.5. The van der Waals surface area contributed by atoms with Gasteiger partial charge in [-0.3, -0.25) is 4.98 Å². The minimum absolute atomic E-state index is 0.0326. The SMILES string of the molecule is C=C[C@@H]1[C@H](c2ccccn2)c2ccc(O)cc2S(=O)(=O)CC1(CC)CCCC. The van der Waals surface area contributed by atoms with E-state index in [4.69, 9.17) is 0 Å². The highest BCUT2D eigenvalue weighted by atomic mass is 32.2. The number of allylic oxidation sites excluding steroid dienone is 1. The monoisotopic (exact) mass is 399 g/mol. The molecular weight excluding hydrogens is 370 g/mol. The number of phenolic OH excluding ortho intramolecular Hbond substituents is 1. The number of nitrogens with zero attached hydrogens (tertiary/aromatic N) is 1. The van der Waals surface area contributed by atoms with Crippen molar-refractivity contribution in [1.82, 2.24) is 4.98 Å². The van der Waals surface area contributed by atoms with Crippen molar-refractivity contribution in [3.8, 4) is 5.75 Å². The van der Waals surface area contributed by atoms with Crippen molar-refractivity contribution in [2.45, 2.75) is 50.3 Å². The fourth-order valence-electron chi connectivity index (χ4n) is 4.72. The molecule has 0 fully saturated rings. The van der Waals surface area contributed by atoms with Crippen molar-refractivity contribution in [2.75, 3.05) is 5.75 Å². The fraction of sp³-hybridized carbons (Fsp3) is 0.435. The van der Waals surface area contributed by atoms with Crippen LogP contribution in [0.1, 0.15) is 56.7 Å². The molecule has 0 bridgehead atoms. The molecule has 1 aromatic carbocycles. The van der Waals surface area contributed by atoms with Crippen LogP contribution >= 0.6 is 0 Å². The molecule has 0 aliphatic carbocycles. The van der Waals surface area contributed by atoms with E-state index in [9.17, 15) is 13.5 Å². The first-order valence-electron chi connectivity index (χ1n) is 9.97. The summed E-state index contributed by atoms with van der Waals surface area (Å²) in [5.74, 6) is -0.259. The molecule has 3 atom stereocenters. The lowest BCUT2D eigenvalue weighted by molar-refractivity contribution is 0.182. The molecule has 0 spiro atoms. The van der Waals surface area contributed by atoms with Crippen LogP contribution in [0.3, 0.4) is 0 Å². The van der Waals surface area contributed by atoms with E-state index in [1.807, 2.05) is 24.3 Å². The van der Waals surface area contributed by atoms with E-state index >= 15 is 0 Å². The Balaban J connectivity index is 2.33. The largest absolute Gasteiger partial charge is 0.508 e. The third-order valence-electron chi connectivity index (χ3n) is 6.20. The first-order valence-corrected chi connectivity index (χ1v) is 11.6. The smallest absolute Gasteiger partial charge is 0.179 e. The van der Waals surface area contributed by atoms with Gasteiger partial charge in [0.15, 0.2) is 9.84 Å². The van der Waals surface area contributed by atoms with Crippen LogP contribution < -0.4 is 0 Å². The molecule has 1 aliphatic heterocycles. The third-order valence-corrected chi connectivity index (χ3v) is 8.18. The number of aromatic hydroxyl groups is 1. The quantitative estimate of drug-likeness (QED) is 0.687. The Labute approximate surface area is 168 Å². The van der Waals surface area contributed by atoms with Crippen LogP contribution in [-0.2, 0) is 9.84 Å². The Morgan fingerprint density at radius 1 is 1.29 bits per heavy atom. The number of fused-ring (bicyclic) bond motifs is 1. The summed E-state index contributed by atoms with van der Waals surface area (Å²) in [6.07, 6.45) is 7.20. The van der Waals surface area contributed by atoms with Gasteiger partial charge in [0, 0.05) is 17.8 Å². The van der Waals surface area contributed by atoms with Gasteiger partial charge in [-0.05, 0) is 54.0 Å². The lowest BCUT2D eigenvalue weighted by Gasteiger charge is -2.41. The summed E-state index contributed by atoms with van der Waals surface area (Å²) in [4.78, 5) is 4.81. The Bertz CT molecular complexity index is 940. The Kier molecular flexibility index (Phi) is 5.94. The Morgan fingerprint density at radius 2 is 2.07 bits per heavy atom. The van der Waals surface area contributed by atoms with Gasteiger partial charge in [-0.2, -0.15) is 0 Å². The highest BCUT2D eigenvalue weighted by molar-refractivity contribution is 7.91. The average molecular weight is 400 g/mol. The molecule has 0 saturated carbocycles. The minimum atomic E-state index is -3.57. The van der Waals surface area contributed by atoms with Crippen LogP contribution in [0.2, 0.25) is 0 Å². The lowest BCUT2D eigenvalue weighted by Crippen LogP contribution is -2.37. The second-order valence-electron chi connectivity index (χ2n) is 7.79. The number of hydrogen-bond donors (Lipinski definition) is 1. The van der Waals surface area contributed by atoms with Crippen LogP contribution in [-0.4, -0.2) is 24.3 Å². The highest BCUT2D eigenvalue weighted by Gasteiger charge is 2.48. The van der Waals surface area contributed by atoms with Crippen molar-refractivity contribution in [3.63, 3.8) is 0 Å². The number of benzene rings is 1. The highest BCUT2D eigenvalue weighted by Crippen LogP contribution is 2.53. The molecule has 1 unspecified atom stereocenters. The molecule has 4 nitrogen and oxygen atoms in total. The number of rotatable bonds is 6. The van der Waals surface area contributed by atoms with E-state index in [1.54, 1.807) is 18.3 Å². The van der Waals surface area contributed by atoms with E-state index in [-0.39, 0.29) is 28.2 Å². The summed E-state index contributed by atoms with van der Waals surface area (Å²) in [6.45, 7) is 8.32. The summed E-state index contributed by atoms with van der Waals surface area (Å²) in [5.41, 5.74) is 1.12. The molecule has 1 N–H and O–H groups in total. The van der Waals surface area contributed by atoms with Crippen molar-refractivity contribution in [2.24, 2.45) is 11.3 Å². The predicted molar refractivity (Wildman–Crippen MR) is 112 cm³/mol. The lowest BCUT2D eigenvalue weighted by atomic mass is 9.64. The van der Waals surface area contributed by atoms with Gasteiger partial charge in [-0.25, -0.2) is 8.42 Å². The summed E-state index contributed by atoms with van der Waals surface area (Å²) >= 11 is 0. The van der Waals surface area contributed by atoms with Gasteiger partial charge in [0.25, 0.3) is 0 Å². The van der Waals surface area contributed by atoms with Gasteiger partial charge in [-0.15, -0.1) is 6.58 Å². The third kappa shape index (κ3) is 3.60. The van der Waals surface area contributed by atoms with Gasteiger partial charge in [0.1, 0.15) is 5.75 Å². The number of sulfone groups is 1. The van der Waals surface area contributed by atoms with Crippen molar-refractivity contribution in [3.05, 3.63) is 66.5 Å². The zero-order valence-corrected chi connectivity index (χ0v) is 17.5. The molecule has 0 amide bonds. The topological polar surface area (TPSA) is 67.3 Å². The summed E-state index contributed by atoms with van der Waals surface area (Å²) in [6, 6.07) is 10.4. The van der Waals surface area contributed by atoms with Crippen LogP contribution in [0.5, 0.6) is 5.75 Å². The summed E-state index contributed by atoms with van der Waals surface area (Å²) in [7, 11) is -3.57. The van der Waals surface area contributed by atoms with Crippen LogP contribution in [0.4, 0.5) is 0 Å². The summed E-state index contributed by atoms with van der Waals surface area (Å²) in [5, 5.41) is 10.0. The normalized spacial score (nSPS) is 26.2. The van der Waals surface area contributed by atoms with Crippen molar-refractivity contribution < 1.29 is 13.5 Å². The first-order chi connectivity index (χ1) is 13.4. The van der Waals surface area contributed by atoms with E-state index in [2.05, 4.69) is 25.4 Å². The first kappa shape index (κ1) is 20.6. The number of hydrogen-bond acceptors (Lipinski definition) is 4. The van der Waals surface area contributed by atoms with Crippen LogP contribution in [0.25, 0.3) is 0 Å². The summed E-state index contributed by atoms with van der Waals surface area (Å²) < 4.78 is 26.9. The molecule has 0 radical (unpaired) electrons. The molecule has 3 rings (SSSR count). The Hall–Kier alpha value is -2.14. The van der Waals surface area contributed by atoms with Gasteiger partial charge < -0.3 is 5.11 Å².